The molecule has 0 radical (unpaired) electrons. The topological polar surface area (TPSA) is 155 Å². The minimum Gasteiger partial charge on any atom is -0.462 e. The van der Waals surface area contributed by atoms with Crippen LogP contribution in [-0.2, 0) is 42.2 Å². The third-order valence-corrected chi connectivity index (χ3v) is 13.7. The number of allylic oxidation sites excluding steroid dienone is 8. The predicted molar refractivity (Wildman–Crippen MR) is 298 cm³/mol. The van der Waals surface area contributed by atoms with Crippen molar-refractivity contribution in [1.82, 2.24) is 0 Å². The second-order valence-electron chi connectivity index (χ2n) is 19.8. The summed E-state index contributed by atoms with van der Waals surface area (Å²) in [6.45, 7) is 4.52. The molecule has 0 heterocycles. The molecule has 0 aromatic heterocycles. The summed E-state index contributed by atoms with van der Waals surface area (Å²) in [5.74, 6) is -1.47. The number of unbranched alkanes of at least 4 members (excludes halogenated alkanes) is 30. The van der Waals surface area contributed by atoms with Gasteiger partial charge in [0.1, 0.15) is 12.7 Å². The lowest BCUT2D eigenvalue weighted by Crippen LogP contribution is -2.30. The number of phosphoric acid groups is 1. The number of rotatable bonds is 55. The Morgan fingerprint density at radius 3 is 1.12 bits per heavy atom. The zero-order valence-electron chi connectivity index (χ0n) is 46.4. The molecule has 0 bridgehead atoms. The summed E-state index contributed by atoms with van der Waals surface area (Å²) in [6, 6.07) is 0. The minimum absolute atomic E-state index is 0.158. The molecule has 0 aliphatic carbocycles. The van der Waals surface area contributed by atoms with Crippen molar-refractivity contribution in [2.45, 2.75) is 290 Å². The lowest BCUT2D eigenvalue weighted by molar-refractivity contribution is -0.161. The van der Waals surface area contributed by atoms with Crippen LogP contribution in [0.1, 0.15) is 278 Å². The largest absolute Gasteiger partial charge is 0.472 e. The maximum absolute atomic E-state index is 12.9. The highest BCUT2D eigenvalue weighted by atomic mass is 31.2. The van der Waals surface area contributed by atoms with Crippen molar-refractivity contribution in [2.24, 2.45) is 0 Å². The molecule has 0 aliphatic rings. The number of hydrogen-bond acceptors (Lipinski definition) is 10. The number of carbonyl (C=O) groups is 3. The highest BCUT2D eigenvalue weighted by Crippen LogP contribution is 2.43. The first-order chi connectivity index (χ1) is 35.2. The minimum atomic E-state index is -4.74. The molecule has 0 saturated heterocycles. The number of aliphatic hydroxyl groups excluding tert-OH is 1. The maximum atomic E-state index is 12.9. The van der Waals surface area contributed by atoms with Crippen LogP contribution in [0, 0.1) is 0 Å². The summed E-state index contributed by atoms with van der Waals surface area (Å²) in [5.41, 5.74) is 0. The van der Waals surface area contributed by atoms with Crippen molar-refractivity contribution in [1.29, 1.82) is 0 Å². The molecule has 0 aliphatic heterocycles. The Morgan fingerprint density at radius 2 is 0.722 bits per heavy atom. The van der Waals surface area contributed by atoms with Crippen LogP contribution >= 0.6 is 7.82 Å². The number of phosphoric ester groups is 1. The Bertz CT molecular complexity index is 1400. The molecule has 3 atom stereocenters. The predicted octanol–water partition coefficient (Wildman–Crippen LogP) is 17.4. The Morgan fingerprint density at radius 1 is 0.403 bits per heavy atom. The summed E-state index contributed by atoms with van der Waals surface area (Å²) < 4.78 is 39.5. The molecule has 0 aromatic rings. The lowest BCUT2D eigenvalue weighted by atomic mass is 10.1. The highest BCUT2D eigenvalue weighted by Gasteiger charge is 2.28. The van der Waals surface area contributed by atoms with Gasteiger partial charge in [0.15, 0.2) is 6.10 Å². The average Bonchev–Trinajstić information content (AvgIpc) is 3.37. The fraction of sp³-hybridized carbons (Fsp3) is 0.817. The van der Waals surface area contributed by atoms with Crippen molar-refractivity contribution in [3.63, 3.8) is 0 Å². The zero-order valence-corrected chi connectivity index (χ0v) is 47.3. The molecule has 420 valence electrons. The van der Waals surface area contributed by atoms with Crippen LogP contribution in [0.2, 0.25) is 0 Å². The van der Waals surface area contributed by atoms with Crippen molar-refractivity contribution < 1.29 is 52.2 Å². The van der Waals surface area contributed by atoms with Gasteiger partial charge in [-0.15, -0.1) is 0 Å². The normalized spacial score (nSPS) is 13.7. The van der Waals surface area contributed by atoms with Crippen LogP contribution < -0.4 is 0 Å². The standard InChI is InChI=1S/C60H109O11P/c1-4-7-10-13-16-19-21-23-25-27-28-30-31-33-35-38-40-43-46-49-58(62)67-53-57(71-60(64)51-48-45-42-39-36-34-32-29-26-24-22-20-17-14-11-8-5-2)55-69-72(65,66)68-54-56(52-61)70-59(63)50-47-44-41-37-18-15-12-9-6-3/h8,11,17,20,23-26,56-57,61H,4-7,9-10,12-16,18-19,21-22,27-55H2,1-3H3,(H,65,66)/b11-8-,20-17-,25-23-,26-24-. The van der Waals surface area contributed by atoms with E-state index in [2.05, 4.69) is 69.4 Å². The molecule has 3 unspecified atom stereocenters. The molecule has 0 amide bonds. The molecule has 0 saturated carbocycles. The second kappa shape index (κ2) is 54.7. The average molecular weight is 1040 g/mol. The summed E-state index contributed by atoms with van der Waals surface area (Å²) in [5, 5.41) is 9.78. The molecule has 0 fully saturated rings. The monoisotopic (exact) mass is 1040 g/mol. The van der Waals surface area contributed by atoms with Gasteiger partial charge < -0.3 is 24.2 Å². The maximum Gasteiger partial charge on any atom is 0.472 e. The van der Waals surface area contributed by atoms with E-state index in [1.54, 1.807) is 0 Å². The van der Waals surface area contributed by atoms with Crippen LogP contribution in [0.15, 0.2) is 48.6 Å². The Hall–Kier alpha value is -2.56. The van der Waals surface area contributed by atoms with E-state index in [1.807, 2.05) is 0 Å². The molecule has 72 heavy (non-hydrogen) atoms. The van der Waals surface area contributed by atoms with Gasteiger partial charge in [0.2, 0.25) is 0 Å². The van der Waals surface area contributed by atoms with Gasteiger partial charge in [-0.05, 0) is 77.0 Å². The number of aliphatic hydroxyl groups is 1. The van der Waals surface area contributed by atoms with Crippen molar-refractivity contribution in [2.75, 3.05) is 26.4 Å². The van der Waals surface area contributed by atoms with Gasteiger partial charge >= 0.3 is 25.7 Å². The van der Waals surface area contributed by atoms with E-state index in [1.165, 1.54) is 128 Å². The molecule has 0 spiro atoms. The van der Waals surface area contributed by atoms with Crippen molar-refractivity contribution in [3.05, 3.63) is 48.6 Å². The lowest BCUT2D eigenvalue weighted by Gasteiger charge is -2.21. The van der Waals surface area contributed by atoms with Crippen molar-refractivity contribution >= 4 is 25.7 Å². The van der Waals surface area contributed by atoms with Crippen LogP contribution in [0.3, 0.4) is 0 Å². The van der Waals surface area contributed by atoms with Gasteiger partial charge in [0.05, 0.1) is 19.8 Å². The van der Waals surface area contributed by atoms with Gasteiger partial charge in [-0.1, -0.05) is 230 Å². The second-order valence-corrected chi connectivity index (χ2v) is 21.2. The van der Waals surface area contributed by atoms with Gasteiger partial charge in [0, 0.05) is 19.3 Å². The number of ether oxygens (including phenoxy) is 3. The van der Waals surface area contributed by atoms with Crippen LogP contribution in [0.25, 0.3) is 0 Å². The van der Waals surface area contributed by atoms with Gasteiger partial charge in [-0.25, -0.2) is 4.57 Å². The zero-order chi connectivity index (χ0) is 52.7. The van der Waals surface area contributed by atoms with Crippen LogP contribution in [-0.4, -0.2) is 66.5 Å². The quantitative estimate of drug-likeness (QED) is 0.0197. The molecule has 0 aromatic carbocycles. The fourth-order valence-electron chi connectivity index (χ4n) is 8.25. The smallest absolute Gasteiger partial charge is 0.462 e. The first-order valence-corrected chi connectivity index (χ1v) is 31.0. The van der Waals surface area contributed by atoms with E-state index in [0.717, 1.165) is 89.9 Å². The number of carbonyl (C=O) groups excluding carboxylic acids is 3. The summed E-state index contributed by atoms with van der Waals surface area (Å²) in [7, 11) is -4.74. The van der Waals surface area contributed by atoms with Gasteiger partial charge in [0.25, 0.3) is 0 Å². The summed E-state index contributed by atoms with van der Waals surface area (Å²) in [6.07, 6.45) is 57.9. The van der Waals surface area contributed by atoms with E-state index in [-0.39, 0.29) is 25.9 Å². The Kier molecular flexibility index (Phi) is 52.7. The Labute approximate surface area is 441 Å². The van der Waals surface area contributed by atoms with E-state index >= 15 is 0 Å². The SMILES string of the molecule is CC/C=C\C/C=C\C/C=C\CCCCCCCCCC(=O)OC(COC(=O)CCCCCCCCCCC/C=C\CCCCCCCC)COP(=O)(O)OCC(CO)OC(=O)CCCCCCCCCCC. The molecule has 12 heteroatoms. The molecular formula is C60H109O11P. The van der Waals surface area contributed by atoms with Crippen molar-refractivity contribution in [3.8, 4) is 0 Å². The Balaban J connectivity index is 4.69. The first kappa shape index (κ1) is 69.4. The molecule has 2 N–H and O–H groups in total. The number of hydrogen-bond donors (Lipinski definition) is 2. The summed E-state index contributed by atoms with van der Waals surface area (Å²) in [4.78, 5) is 48.5. The van der Waals surface area contributed by atoms with E-state index < -0.39 is 57.8 Å². The molecular weight excluding hydrogens is 928 g/mol. The van der Waals surface area contributed by atoms with Crippen LogP contribution in [0.5, 0.6) is 0 Å². The third-order valence-electron chi connectivity index (χ3n) is 12.7. The highest BCUT2D eigenvalue weighted by molar-refractivity contribution is 7.47. The first-order valence-electron chi connectivity index (χ1n) is 29.5. The number of esters is 3. The van der Waals surface area contributed by atoms with Gasteiger partial charge in [-0.3, -0.25) is 23.4 Å². The van der Waals surface area contributed by atoms with Crippen LogP contribution in [0.4, 0.5) is 0 Å². The molecule has 0 rings (SSSR count). The van der Waals surface area contributed by atoms with Gasteiger partial charge in [-0.2, -0.15) is 0 Å². The van der Waals surface area contributed by atoms with E-state index in [4.69, 9.17) is 23.3 Å². The molecule has 11 nitrogen and oxygen atoms in total. The summed E-state index contributed by atoms with van der Waals surface area (Å²) >= 11 is 0. The third kappa shape index (κ3) is 52.3. The van der Waals surface area contributed by atoms with E-state index in [9.17, 15) is 28.9 Å². The fourth-order valence-corrected chi connectivity index (χ4v) is 9.03. The van der Waals surface area contributed by atoms with E-state index in [0.29, 0.717) is 19.3 Å².